The van der Waals surface area contributed by atoms with E-state index in [9.17, 15) is 4.79 Å². The Kier molecular flexibility index (Phi) is 4.07. The second-order valence-corrected chi connectivity index (χ2v) is 5.40. The molecule has 0 aromatic carbocycles. The minimum Gasteiger partial charge on any atom is -0.308 e. The van der Waals surface area contributed by atoms with E-state index in [4.69, 9.17) is 11.6 Å². The van der Waals surface area contributed by atoms with Crippen LogP contribution in [0.15, 0.2) is 18.3 Å². The molecule has 1 saturated heterocycles. The molecule has 2 heterocycles. The smallest absolute Gasteiger partial charge is 0.238 e. The number of rotatable bonds is 2. The first-order chi connectivity index (χ1) is 7.77. The highest BCUT2D eigenvalue weighted by Gasteiger charge is 2.22. The third-order valence-corrected chi connectivity index (χ3v) is 4.15. The molecule has 1 unspecified atom stereocenters. The van der Waals surface area contributed by atoms with Crippen LogP contribution in [0.1, 0.15) is 19.3 Å². The molecule has 1 N–H and O–H groups in total. The summed E-state index contributed by atoms with van der Waals surface area (Å²) in [5, 5.41) is 3.31. The number of nitrogens with zero attached hydrogens (tertiary/aromatic N) is 1. The summed E-state index contributed by atoms with van der Waals surface area (Å²) in [6.45, 7) is 0. The fourth-order valence-electron chi connectivity index (χ4n) is 1.62. The van der Waals surface area contributed by atoms with Crippen LogP contribution < -0.4 is 5.32 Å². The quantitative estimate of drug-likeness (QED) is 0.885. The Hall–Kier alpha value is -0.740. The molecule has 0 aliphatic carbocycles. The van der Waals surface area contributed by atoms with Crippen molar-refractivity contribution < 1.29 is 4.79 Å². The lowest BCUT2D eigenvalue weighted by molar-refractivity contribution is -0.115. The first-order valence-corrected chi connectivity index (χ1v) is 6.73. The monoisotopic (exact) mass is 256 g/mol. The molecule has 1 aromatic heterocycles. The SMILES string of the molecule is O=C(Nc1ncccc1Cl)C1CCCCS1. The highest BCUT2D eigenvalue weighted by atomic mass is 35.5. The van der Waals surface area contributed by atoms with Gasteiger partial charge in [0.2, 0.25) is 5.91 Å². The van der Waals surface area contributed by atoms with Crippen molar-refractivity contribution in [1.82, 2.24) is 4.98 Å². The number of aromatic nitrogens is 1. The van der Waals surface area contributed by atoms with E-state index < -0.39 is 0 Å². The van der Waals surface area contributed by atoms with Gasteiger partial charge >= 0.3 is 0 Å². The summed E-state index contributed by atoms with van der Waals surface area (Å²) >= 11 is 7.64. The van der Waals surface area contributed by atoms with Crippen LogP contribution >= 0.6 is 23.4 Å². The largest absolute Gasteiger partial charge is 0.308 e. The number of carbonyl (C=O) groups excluding carboxylic acids is 1. The van der Waals surface area contributed by atoms with Gasteiger partial charge in [0, 0.05) is 6.20 Å². The summed E-state index contributed by atoms with van der Waals surface area (Å²) < 4.78 is 0. The minimum atomic E-state index is 0.0188. The van der Waals surface area contributed by atoms with Crippen LogP contribution in [0.4, 0.5) is 5.82 Å². The van der Waals surface area contributed by atoms with Gasteiger partial charge in [0.15, 0.2) is 5.82 Å². The molecule has 0 radical (unpaired) electrons. The lowest BCUT2D eigenvalue weighted by atomic mass is 10.2. The molecule has 1 aromatic rings. The van der Waals surface area contributed by atoms with Crippen molar-refractivity contribution in [1.29, 1.82) is 0 Å². The van der Waals surface area contributed by atoms with Crippen molar-refractivity contribution in [3.05, 3.63) is 23.4 Å². The van der Waals surface area contributed by atoms with Crippen molar-refractivity contribution in [2.45, 2.75) is 24.5 Å². The van der Waals surface area contributed by atoms with E-state index in [1.54, 1.807) is 30.1 Å². The molecule has 0 bridgehead atoms. The van der Waals surface area contributed by atoms with Crippen molar-refractivity contribution in [2.75, 3.05) is 11.1 Å². The number of pyridine rings is 1. The van der Waals surface area contributed by atoms with Gasteiger partial charge in [-0.15, -0.1) is 11.8 Å². The molecule has 1 fully saturated rings. The van der Waals surface area contributed by atoms with Gasteiger partial charge in [0.25, 0.3) is 0 Å². The van der Waals surface area contributed by atoms with E-state index in [0.29, 0.717) is 10.8 Å². The second kappa shape index (κ2) is 5.55. The van der Waals surface area contributed by atoms with Crippen LogP contribution in [0.5, 0.6) is 0 Å². The van der Waals surface area contributed by atoms with E-state index in [-0.39, 0.29) is 11.2 Å². The van der Waals surface area contributed by atoms with Crippen LogP contribution in [0, 0.1) is 0 Å². The molecule has 2 rings (SSSR count). The first kappa shape index (κ1) is 11.7. The predicted molar refractivity (Wildman–Crippen MR) is 68.0 cm³/mol. The summed E-state index contributed by atoms with van der Waals surface area (Å²) in [6, 6.07) is 3.46. The number of hydrogen-bond acceptors (Lipinski definition) is 3. The third kappa shape index (κ3) is 2.89. The molecular formula is C11H13ClN2OS. The van der Waals surface area contributed by atoms with Crippen molar-refractivity contribution in [3.63, 3.8) is 0 Å². The molecule has 1 atom stereocenters. The van der Waals surface area contributed by atoms with Crippen LogP contribution in [0.25, 0.3) is 0 Å². The summed E-state index contributed by atoms with van der Waals surface area (Å²) in [4.78, 5) is 15.9. The number of anilines is 1. The Bertz CT molecular complexity index is 380. The van der Waals surface area contributed by atoms with Crippen LogP contribution in [-0.2, 0) is 4.79 Å². The number of nitrogens with one attached hydrogen (secondary N) is 1. The van der Waals surface area contributed by atoms with Gasteiger partial charge in [0.05, 0.1) is 10.3 Å². The molecule has 3 nitrogen and oxygen atoms in total. The zero-order valence-electron chi connectivity index (χ0n) is 8.78. The standard InChI is InChI=1S/C11H13ClN2OS/c12-8-4-3-6-13-10(8)14-11(15)9-5-1-2-7-16-9/h3-4,6,9H,1-2,5,7H2,(H,13,14,15). The van der Waals surface area contributed by atoms with E-state index in [2.05, 4.69) is 10.3 Å². The van der Waals surface area contributed by atoms with Gasteiger partial charge in [-0.2, -0.15) is 0 Å². The highest BCUT2D eigenvalue weighted by molar-refractivity contribution is 8.00. The zero-order valence-corrected chi connectivity index (χ0v) is 10.4. The number of halogens is 1. The van der Waals surface area contributed by atoms with E-state index in [0.717, 1.165) is 18.6 Å². The van der Waals surface area contributed by atoms with Crippen molar-refractivity contribution in [2.24, 2.45) is 0 Å². The van der Waals surface area contributed by atoms with Crippen LogP contribution in [0.3, 0.4) is 0 Å². The number of amides is 1. The van der Waals surface area contributed by atoms with Crippen LogP contribution in [0.2, 0.25) is 5.02 Å². The predicted octanol–water partition coefficient (Wildman–Crippen LogP) is 2.96. The van der Waals surface area contributed by atoms with E-state index in [1.807, 2.05) is 0 Å². The van der Waals surface area contributed by atoms with Gasteiger partial charge in [-0.3, -0.25) is 4.79 Å². The lowest BCUT2D eigenvalue weighted by Crippen LogP contribution is -2.27. The number of hydrogen-bond donors (Lipinski definition) is 1. The van der Waals surface area contributed by atoms with Gasteiger partial charge in [-0.1, -0.05) is 18.0 Å². The molecule has 0 spiro atoms. The van der Waals surface area contributed by atoms with Crippen LogP contribution in [-0.4, -0.2) is 21.9 Å². The Morgan fingerprint density at radius 2 is 2.44 bits per heavy atom. The maximum atomic E-state index is 11.9. The molecule has 1 aliphatic heterocycles. The zero-order chi connectivity index (χ0) is 11.4. The Labute approximate surface area is 104 Å². The average Bonchev–Trinajstić information content (AvgIpc) is 2.33. The van der Waals surface area contributed by atoms with Gasteiger partial charge in [-0.25, -0.2) is 4.98 Å². The Morgan fingerprint density at radius 3 is 3.12 bits per heavy atom. The second-order valence-electron chi connectivity index (χ2n) is 3.68. The normalized spacial score (nSPS) is 20.4. The Morgan fingerprint density at radius 1 is 1.56 bits per heavy atom. The third-order valence-electron chi connectivity index (χ3n) is 2.47. The molecule has 0 saturated carbocycles. The minimum absolute atomic E-state index is 0.0188. The van der Waals surface area contributed by atoms with E-state index in [1.165, 1.54) is 6.42 Å². The highest BCUT2D eigenvalue weighted by Crippen LogP contribution is 2.27. The number of carbonyl (C=O) groups is 1. The summed E-state index contributed by atoms with van der Waals surface area (Å²) in [5.74, 6) is 1.54. The summed E-state index contributed by atoms with van der Waals surface area (Å²) in [6.07, 6.45) is 4.90. The Balaban J connectivity index is 1.99. The van der Waals surface area contributed by atoms with Gasteiger partial charge in [-0.05, 0) is 30.7 Å². The summed E-state index contributed by atoms with van der Waals surface area (Å²) in [7, 11) is 0. The lowest BCUT2D eigenvalue weighted by Gasteiger charge is -2.20. The fourth-order valence-corrected chi connectivity index (χ4v) is 2.99. The molecule has 1 amide bonds. The van der Waals surface area contributed by atoms with Crippen molar-refractivity contribution in [3.8, 4) is 0 Å². The molecule has 16 heavy (non-hydrogen) atoms. The first-order valence-electron chi connectivity index (χ1n) is 5.30. The topological polar surface area (TPSA) is 42.0 Å². The maximum absolute atomic E-state index is 11.9. The molecule has 86 valence electrons. The molecular weight excluding hydrogens is 244 g/mol. The van der Waals surface area contributed by atoms with E-state index >= 15 is 0 Å². The average molecular weight is 257 g/mol. The van der Waals surface area contributed by atoms with Gasteiger partial charge < -0.3 is 5.32 Å². The molecule has 1 aliphatic rings. The fraction of sp³-hybridized carbons (Fsp3) is 0.455. The number of thioether (sulfide) groups is 1. The van der Waals surface area contributed by atoms with Crippen molar-refractivity contribution >= 4 is 35.1 Å². The van der Waals surface area contributed by atoms with Gasteiger partial charge in [0.1, 0.15) is 0 Å². The summed E-state index contributed by atoms with van der Waals surface area (Å²) in [5.41, 5.74) is 0. The molecule has 5 heteroatoms. The maximum Gasteiger partial charge on any atom is 0.238 e.